The van der Waals surface area contributed by atoms with Crippen molar-refractivity contribution < 1.29 is 4.74 Å². The number of fused-ring (bicyclic) bond motifs is 1. The van der Waals surface area contributed by atoms with Crippen LogP contribution >= 0.6 is 22.9 Å². The minimum atomic E-state index is 0.251. The van der Waals surface area contributed by atoms with E-state index in [0.717, 1.165) is 29.0 Å². The van der Waals surface area contributed by atoms with Gasteiger partial charge in [0.2, 0.25) is 0 Å². The number of benzene rings is 1. The lowest BCUT2D eigenvalue weighted by Crippen LogP contribution is -2.10. The van der Waals surface area contributed by atoms with Crippen molar-refractivity contribution in [2.45, 2.75) is 19.4 Å². The van der Waals surface area contributed by atoms with E-state index < -0.39 is 0 Å². The summed E-state index contributed by atoms with van der Waals surface area (Å²) in [6, 6.07) is 10.5. The molecule has 0 aliphatic heterocycles. The second-order valence-corrected chi connectivity index (χ2v) is 6.24. The molecule has 0 aliphatic rings. The summed E-state index contributed by atoms with van der Waals surface area (Å²) < 4.78 is 7.57. The molecule has 1 atom stereocenters. The first-order valence-corrected chi connectivity index (χ1v) is 8.30. The van der Waals surface area contributed by atoms with Gasteiger partial charge in [0.25, 0.3) is 0 Å². The lowest BCUT2D eigenvalue weighted by atomic mass is 10.2. The number of rotatable bonds is 5. The van der Waals surface area contributed by atoms with Crippen LogP contribution in [0.2, 0.25) is 0 Å². The number of halogens is 1. The fraction of sp³-hybridized carbons (Fsp3) is 0.312. The number of hydrogen-bond acceptors (Lipinski definition) is 3. The number of aryl methyl sites for hydroxylation is 1. The molecule has 21 heavy (non-hydrogen) atoms. The number of alkyl halides is 1. The van der Waals surface area contributed by atoms with E-state index in [1.165, 1.54) is 4.88 Å². The van der Waals surface area contributed by atoms with Crippen molar-refractivity contribution in [1.29, 1.82) is 0 Å². The molecule has 3 nitrogen and oxygen atoms in total. The van der Waals surface area contributed by atoms with E-state index >= 15 is 0 Å². The highest BCUT2D eigenvalue weighted by molar-refractivity contribution is 7.10. The zero-order chi connectivity index (χ0) is 14.8. The average molecular weight is 321 g/mol. The van der Waals surface area contributed by atoms with Crippen LogP contribution in [0, 0.1) is 0 Å². The number of ether oxygens (including phenoxy) is 1. The second-order valence-electron chi connectivity index (χ2n) is 4.88. The normalized spacial score (nSPS) is 12.7. The Labute approximate surface area is 133 Å². The maximum Gasteiger partial charge on any atom is 0.121 e. The highest BCUT2D eigenvalue weighted by atomic mass is 35.5. The van der Waals surface area contributed by atoms with Gasteiger partial charge in [-0.3, -0.25) is 0 Å². The largest absolute Gasteiger partial charge is 0.497 e. The van der Waals surface area contributed by atoms with Crippen molar-refractivity contribution in [2.75, 3.05) is 13.0 Å². The Balaban J connectivity index is 2.16. The van der Waals surface area contributed by atoms with Crippen LogP contribution in [0.25, 0.3) is 11.0 Å². The molecule has 0 fully saturated rings. The van der Waals surface area contributed by atoms with E-state index in [9.17, 15) is 0 Å². The van der Waals surface area contributed by atoms with Crippen molar-refractivity contribution in [3.8, 4) is 5.75 Å². The summed E-state index contributed by atoms with van der Waals surface area (Å²) in [5.41, 5.74) is 2.08. The molecule has 0 saturated heterocycles. The third-order valence-electron chi connectivity index (χ3n) is 3.63. The monoisotopic (exact) mass is 320 g/mol. The smallest absolute Gasteiger partial charge is 0.121 e. The molecule has 3 rings (SSSR count). The van der Waals surface area contributed by atoms with Gasteiger partial charge in [-0.15, -0.1) is 22.9 Å². The molecule has 1 aromatic carbocycles. The SMILES string of the molecule is COc1ccc2c(c1)nc(CCCl)n2C(C)c1cccs1. The molecule has 2 aromatic heterocycles. The maximum atomic E-state index is 5.95. The van der Waals surface area contributed by atoms with E-state index in [1.54, 1.807) is 18.4 Å². The minimum Gasteiger partial charge on any atom is -0.497 e. The topological polar surface area (TPSA) is 27.1 Å². The van der Waals surface area contributed by atoms with Crippen molar-refractivity contribution in [2.24, 2.45) is 0 Å². The standard InChI is InChI=1S/C16H17ClN2OS/c1-11(15-4-3-9-21-15)19-14-6-5-12(20-2)10-13(14)18-16(19)7-8-17/h3-6,9-11H,7-8H2,1-2H3. The predicted octanol–water partition coefficient (Wildman–Crippen LogP) is 4.50. The van der Waals surface area contributed by atoms with Gasteiger partial charge in [0.05, 0.1) is 24.2 Å². The summed E-state index contributed by atoms with van der Waals surface area (Å²) >= 11 is 7.71. The fourth-order valence-electron chi connectivity index (χ4n) is 2.60. The van der Waals surface area contributed by atoms with Gasteiger partial charge in [0, 0.05) is 23.2 Å². The van der Waals surface area contributed by atoms with Gasteiger partial charge in [0.1, 0.15) is 11.6 Å². The Morgan fingerprint density at radius 3 is 2.90 bits per heavy atom. The molecule has 5 heteroatoms. The highest BCUT2D eigenvalue weighted by Gasteiger charge is 2.18. The fourth-order valence-corrected chi connectivity index (χ4v) is 3.55. The number of hydrogen-bond donors (Lipinski definition) is 0. The minimum absolute atomic E-state index is 0.251. The van der Waals surface area contributed by atoms with Crippen LogP contribution in [-0.4, -0.2) is 22.5 Å². The summed E-state index contributed by atoms with van der Waals surface area (Å²) in [4.78, 5) is 6.07. The molecule has 0 spiro atoms. The maximum absolute atomic E-state index is 5.95. The number of nitrogens with zero attached hydrogens (tertiary/aromatic N) is 2. The summed E-state index contributed by atoms with van der Waals surface area (Å²) in [6.07, 6.45) is 0.758. The van der Waals surface area contributed by atoms with Gasteiger partial charge >= 0.3 is 0 Å². The summed E-state index contributed by atoms with van der Waals surface area (Å²) in [7, 11) is 1.67. The molecule has 0 N–H and O–H groups in total. The first-order valence-electron chi connectivity index (χ1n) is 6.89. The molecular formula is C16H17ClN2OS. The molecule has 0 amide bonds. The molecule has 2 heterocycles. The number of thiophene rings is 1. The lowest BCUT2D eigenvalue weighted by Gasteiger charge is -2.16. The van der Waals surface area contributed by atoms with Crippen molar-refractivity contribution >= 4 is 34.0 Å². The van der Waals surface area contributed by atoms with E-state index in [0.29, 0.717) is 5.88 Å². The average Bonchev–Trinajstić information content (AvgIpc) is 3.13. The molecule has 0 bridgehead atoms. The van der Waals surface area contributed by atoms with E-state index in [4.69, 9.17) is 21.3 Å². The molecule has 1 unspecified atom stereocenters. The predicted molar refractivity (Wildman–Crippen MR) is 88.8 cm³/mol. The van der Waals surface area contributed by atoms with Crippen LogP contribution in [0.5, 0.6) is 5.75 Å². The van der Waals surface area contributed by atoms with Gasteiger partial charge in [-0.25, -0.2) is 4.98 Å². The van der Waals surface area contributed by atoms with Crippen LogP contribution in [0.1, 0.15) is 23.7 Å². The van der Waals surface area contributed by atoms with Gasteiger partial charge in [-0.05, 0) is 30.5 Å². The van der Waals surface area contributed by atoms with Gasteiger partial charge < -0.3 is 9.30 Å². The highest BCUT2D eigenvalue weighted by Crippen LogP contribution is 2.30. The number of imidazole rings is 1. The molecular weight excluding hydrogens is 304 g/mol. The molecule has 0 radical (unpaired) electrons. The van der Waals surface area contributed by atoms with Gasteiger partial charge in [0.15, 0.2) is 0 Å². The quantitative estimate of drug-likeness (QED) is 0.647. The number of aromatic nitrogens is 2. The molecule has 110 valence electrons. The molecule has 0 aliphatic carbocycles. The third kappa shape index (κ3) is 2.65. The molecule has 0 saturated carbocycles. The lowest BCUT2D eigenvalue weighted by molar-refractivity contribution is 0.415. The van der Waals surface area contributed by atoms with E-state index in [-0.39, 0.29) is 6.04 Å². The number of methoxy groups -OCH3 is 1. The molecule has 3 aromatic rings. The summed E-state index contributed by atoms with van der Waals surface area (Å²) in [6.45, 7) is 2.20. The zero-order valence-electron chi connectivity index (χ0n) is 12.0. The third-order valence-corrected chi connectivity index (χ3v) is 4.86. The van der Waals surface area contributed by atoms with Crippen LogP contribution < -0.4 is 4.74 Å². The van der Waals surface area contributed by atoms with Crippen LogP contribution in [0.15, 0.2) is 35.7 Å². The van der Waals surface area contributed by atoms with Crippen LogP contribution in [0.4, 0.5) is 0 Å². The first kappa shape index (κ1) is 14.4. The van der Waals surface area contributed by atoms with Crippen molar-refractivity contribution in [1.82, 2.24) is 9.55 Å². The van der Waals surface area contributed by atoms with Crippen LogP contribution in [0.3, 0.4) is 0 Å². The first-order chi connectivity index (χ1) is 10.2. The Hall–Kier alpha value is -1.52. The Morgan fingerprint density at radius 2 is 2.24 bits per heavy atom. The van der Waals surface area contributed by atoms with E-state index in [2.05, 4.69) is 35.1 Å². The Bertz CT molecular complexity index is 736. The van der Waals surface area contributed by atoms with Crippen molar-refractivity contribution in [3.63, 3.8) is 0 Å². The van der Waals surface area contributed by atoms with E-state index in [1.807, 2.05) is 12.1 Å². The Kier molecular flexibility index (Phi) is 4.17. The Morgan fingerprint density at radius 1 is 1.38 bits per heavy atom. The van der Waals surface area contributed by atoms with Crippen molar-refractivity contribution in [3.05, 3.63) is 46.4 Å². The van der Waals surface area contributed by atoms with Crippen LogP contribution in [-0.2, 0) is 6.42 Å². The zero-order valence-corrected chi connectivity index (χ0v) is 13.6. The van der Waals surface area contributed by atoms with Gasteiger partial charge in [-0.1, -0.05) is 6.07 Å². The summed E-state index contributed by atoms with van der Waals surface area (Å²) in [5.74, 6) is 2.42. The van der Waals surface area contributed by atoms with Gasteiger partial charge in [-0.2, -0.15) is 0 Å². The second kappa shape index (κ2) is 6.08. The summed E-state index contributed by atoms with van der Waals surface area (Å²) in [5, 5.41) is 2.11.